The van der Waals surface area contributed by atoms with Crippen molar-refractivity contribution in [2.24, 2.45) is 4.99 Å². The monoisotopic (exact) mass is 441 g/mol. The number of hydrogen-bond acceptors (Lipinski definition) is 3. The summed E-state index contributed by atoms with van der Waals surface area (Å²) in [5.41, 5.74) is 2.97. The van der Waals surface area contributed by atoms with E-state index in [1.54, 1.807) is 0 Å². The average Bonchev–Trinajstić information content (AvgIpc) is 3.18. The standard InChI is InChI=1S/C23H31N5O2S/c1-3-25-23(26-13-7-14-28-15-12-21-10-4-5-11-22(21)28)27-17-19-8-6-9-20(16-19)18-31(29,30)24-2/h4-6,8-12,15-16,24H,3,7,13-14,17-18H2,1-2H3,(H2,25,26,27). The van der Waals surface area contributed by atoms with Crippen LogP contribution in [-0.4, -0.2) is 39.1 Å². The number of nitrogens with one attached hydrogen (secondary N) is 3. The maximum absolute atomic E-state index is 11.8. The van der Waals surface area contributed by atoms with Gasteiger partial charge in [-0.2, -0.15) is 0 Å². The summed E-state index contributed by atoms with van der Waals surface area (Å²) in [7, 11) is -1.86. The molecule has 0 amide bonds. The molecule has 3 aromatic rings. The van der Waals surface area contributed by atoms with Gasteiger partial charge in [0.15, 0.2) is 5.96 Å². The fraction of sp³-hybridized carbons (Fsp3) is 0.348. The highest BCUT2D eigenvalue weighted by molar-refractivity contribution is 7.88. The predicted molar refractivity (Wildman–Crippen MR) is 127 cm³/mol. The van der Waals surface area contributed by atoms with Crippen molar-refractivity contribution in [1.82, 2.24) is 19.9 Å². The summed E-state index contributed by atoms with van der Waals surface area (Å²) < 4.78 is 28.2. The normalized spacial score (nSPS) is 12.3. The van der Waals surface area contributed by atoms with Gasteiger partial charge in [0.2, 0.25) is 10.0 Å². The Hall–Kier alpha value is -2.84. The Morgan fingerprint density at radius 3 is 2.65 bits per heavy atom. The van der Waals surface area contributed by atoms with Crippen LogP contribution in [0.4, 0.5) is 0 Å². The fourth-order valence-corrected chi connectivity index (χ4v) is 4.18. The second-order valence-electron chi connectivity index (χ2n) is 7.33. The molecule has 0 radical (unpaired) electrons. The smallest absolute Gasteiger partial charge is 0.215 e. The largest absolute Gasteiger partial charge is 0.357 e. The summed E-state index contributed by atoms with van der Waals surface area (Å²) in [6.45, 7) is 5.02. The van der Waals surface area contributed by atoms with Gasteiger partial charge in [-0.3, -0.25) is 0 Å². The third-order valence-corrected chi connectivity index (χ3v) is 6.31. The molecule has 31 heavy (non-hydrogen) atoms. The Bertz CT molecular complexity index is 1120. The Labute approximate surface area is 184 Å². The zero-order valence-corrected chi connectivity index (χ0v) is 19.0. The van der Waals surface area contributed by atoms with Gasteiger partial charge in [-0.15, -0.1) is 0 Å². The van der Waals surface area contributed by atoms with E-state index in [2.05, 4.69) is 61.4 Å². The highest BCUT2D eigenvalue weighted by Crippen LogP contribution is 2.15. The lowest BCUT2D eigenvalue weighted by atomic mass is 10.1. The number of rotatable bonds is 10. The number of aliphatic imine (C=N–C) groups is 1. The van der Waals surface area contributed by atoms with E-state index in [9.17, 15) is 8.42 Å². The summed E-state index contributed by atoms with van der Waals surface area (Å²) >= 11 is 0. The first-order valence-electron chi connectivity index (χ1n) is 10.6. The minimum atomic E-state index is -3.29. The van der Waals surface area contributed by atoms with Crippen molar-refractivity contribution in [3.8, 4) is 0 Å². The van der Waals surface area contributed by atoms with Crippen molar-refractivity contribution in [3.05, 3.63) is 71.9 Å². The highest BCUT2D eigenvalue weighted by Gasteiger charge is 2.09. The van der Waals surface area contributed by atoms with Crippen LogP contribution in [0, 0.1) is 0 Å². The first-order valence-corrected chi connectivity index (χ1v) is 12.2. The molecule has 0 aliphatic heterocycles. The first-order chi connectivity index (χ1) is 15.0. The van der Waals surface area contributed by atoms with E-state index in [0.717, 1.165) is 43.1 Å². The van der Waals surface area contributed by atoms with Crippen LogP contribution in [0.15, 0.2) is 65.8 Å². The molecule has 0 aliphatic carbocycles. The van der Waals surface area contributed by atoms with Gasteiger partial charge < -0.3 is 15.2 Å². The molecule has 0 fully saturated rings. The lowest BCUT2D eigenvalue weighted by molar-refractivity contribution is 0.587. The number of para-hydroxylation sites is 1. The predicted octanol–water partition coefficient (Wildman–Crippen LogP) is 2.84. The Balaban J connectivity index is 1.54. The van der Waals surface area contributed by atoms with Crippen LogP contribution in [-0.2, 0) is 28.9 Å². The second-order valence-corrected chi connectivity index (χ2v) is 9.25. The molecule has 0 aliphatic rings. The molecule has 8 heteroatoms. The van der Waals surface area contributed by atoms with Crippen LogP contribution in [0.1, 0.15) is 24.5 Å². The van der Waals surface area contributed by atoms with E-state index >= 15 is 0 Å². The zero-order valence-electron chi connectivity index (χ0n) is 18.1. The Kier molecular flexibility index (Phi) is 8.08. The molecule has 0 bridgehead atoms. The van der Waals surface area contributed by atoms with E-state index in [1.807, 2.05) is 31.2 Å². The van der Waals surface area contributed by atoms with Crippen molar-refractivity contribution in [3.63, 3.8) is 0 Å². The van der Waals surface area contributed by atoms with Crippen LogP contribution in [0.5, 0.6) is 0 Å². The molecule has 2 aromatic carbocycles. The second kappa shape index (κ2) is 11.0. The molecule has 0 saturated heterocycles. The molecule has 1 heterocycles. The summed E-state index contributed by atoms with van der Waals surface area (Å²) in [6.07, 6.45) is 3.10. The number of aromatic nitrogens is 1. The van der Waals surface area contributed by atoms with Gasteiger partial charge in [0.25, 0.3) is 0 Å². The van der Waals surface area contributed by atoms with Crippen LogP contribution in [0.3, 0.4) is 0 Å². The number of hydrogen-bond donors (Lipinski definition) is 3. The van der Waals surface area contributed by atoms with E-state index in [4.69, 9.17) is 0 Å². The van der Waals surface area contributed by atoms with Crippen LogP contribution in [0.2, 0.25) is 0 Å². The summed E-state index contributed by atoms with van der Waals surface area (Å²) in [4.78, 5) is 4.65. The number of benzene rings is 2. The van der Waals surface area contributed by atoms with E-state index < -0.39 is 10.0 Å². The quantitative estimate of drug-likeness (QED) is 0.256. The number of nitrogens with zero attached hydrogens (tertiary/aromatic N) is 2. The van der Waals surface area contributed by atoms with E-state index in [1.165, 1.54) is 18.0 Å². The topological polar surface area (TPSA) is 87.5 Å². The van der Waals surface area contributed by atoms with Gasteiger partial charge in [0, 0.05) is 31.3 Å². The van der Waals surface area contributed by atoms with Crippen molar-refractivity contribution in [1.29, 1.82) is 0 Å². The van der Waals surface area contributed by atoms with Crippen molar-refractivity contribution >= 4 is 26.9 Å². The van der Waals surface area contributed by atoms with Gasteiger partial charge in [-0.25, -0.2) is 18.1 Å². The van der Waals surface area contributed by atoms with E-state index in [-0.39, 0.29) is 5.75 Å². The summed E-state index contributed by atoms with van der Waals surface area (Å²) in [5, 5.41) is 7.91. The minimum absolute atomic E-state index is 0.0343. The van der Waals surface area contributed by atoms with Crippen molar-refractivity contribution in [2.45, 2.75) is 32.2 Å². The molecule has 0 saturated carbocycles. The molecule has 0 atom stereocenters. The Morgan fingerprint density at radius 2 is 1.84 bits per heavy atom. The molecule has 0 spiro atoms. The number of sulfonamides is 1. The third-order valence-electron chi connectivity index (χ3n) is 4.97. The van der Waals surface area contributed by atoms with Crippen LogP contribution >= 0.6 is 0 Å². The minimum Gasteiger partial charge on any atom is -0.357 e. The summed E-state index contributed by atoms with van der Waals surface area (Å²) in [5.74, 6) is 0.723. The van der Waals surface area contributed by atoms with Gasteiger partial charge in [0.05, 0.1) is 12.3 Å². The van der Waals surface area contributed by atoms with Gasteiger partial charge >= 0.3 is 0 Å². The first kappa shape index (κ1) is 22.8. The Morgan fingerprint density at radius 1 is 1.03 bits per heavy atom. The third kappa shape index (κ3) is 6.83. The van der Waals surface area contributed by atoms with Gasteiger partial charge in [0.1, 0.15) is 0 Å². The highest BCUT2D eigenvalue weighted by atomic mass is 32.2. The summed E-state index contributed by atoms with van der Waals surface area (Å²) in [6, 6.07) is 18.1. The molecule has 7 nitrogen and oxygen atoms in total. The molecule has 166 valence electrons. The van der Waals surface area contributed by atoms with Crippen LogP contribution in [0.25, 0.3) is 10.9 Å². The van der Waals surface area contributed by atoms with Gasteiger partial charge in [-0.05, 0) is 49.0 Å². The van der Waals surface area contributed by atoms with Crippen LogP contribution < -0.4 is 15.4 Å². The molecule has 1 aromatic heterocycles. The number of aryl methyl sites for hydroxylation is 1. The van der Waals surface area contributed by atoms with Crippen molar-refractivity contribution in [2.75, 3.05) is 20.1 Å². The maximum atomic E-state index is 11.8. The van der Waals surface area contributed by atoms with Crippen molar-refractivity contribution < 1.29 is 8.42 Å². The lowest BCUT2D eigenvalue weighted by Crippen LogP contribution is -2.38. The molecule has 3 rings (SSSR count). The number of guanidine groups is 1. The van der Waals surface area contributed by atoms with E-state index in [0.29, 0.717) is 6.54 Å². The fourth-order valence-electron chi connectivity index (χ4n) is 3.41. The molecule has 3 N–H and O–H groups in total. The molecular formula is C23H31N5O2S. The maximum Gasteiger partial charge on any atom is 0.215 e. The molecule has 0 unspecified atom stereocenters. The average molecular weight is 442 g/mol. The van der Waals surface area contributed by atoms with Gasteiger partial charge in [-0.1, -0.05) is 42.5 Å². The molecular weight excluding hydrogens is 410 g/mol. The lowest BCUT2D eigenvalue weighted by Gasteiger charge is -2.12. The number of fused-ring (bicyclic) bond motifs is 1. The zero-order chi connectivity index (χ0) is 22.1. The SMILES string of the molecule is CCNC(=NCc1cccc(CS(=O)(=O)NC)c1)NCCCn1ccc2ccccc21.